The van der Waals surface area contributed by atoms with Gasteiger partial charge in [-0.2, -0.15) is 0 Å². The SMILES string of the molecule is CCNC(CCC1CCCC1)C(C)CC. The van der Waals surface area contributed by atoms with Gasteiger partial charge in [0.2, 0.25) is 0 Å². The molecule has 0 radical (unpaired) electrons. The maximum absolute atomic E-state index is 3.66. The molecule has 2 unspecified atom stereocenters. The van der Waals surface area contributed by atoms with Gasteiger partial charge in [0.15, 0.2) is 0 Å². The molecular weight excluding hydrogens is 182 g/mol. The predicted octanol–water partition coefficient (Wildman–Crippen LogP) is 3.98. The van der Waals surface area contributed by atoms with E-state index in [-0.39, 0.29) is 0 Å². The van der Waals surface area contributed by atoms with Crippen LogP contribution in [0.3, 0.4) is 0 Å². The summed E-state index contributed by atoms with van der Waals surface area (Å²) < 4.78 is 0. The first-order valence-corrected chi connectivity index (χ1v) is 7.01. The fraction of sp³-hybridized carbons (Fsp3) is 1.00. The molecule has 0 aromatic heterocycles. The highest BCUT2D eigenvalue weighted by Gasteiger charge is 2.19. The van der Waals surface area contributed by atoms with E-state index in [0.717, 1.165) is 24.4 Å². The lowest BCUT2D eigenvalue weighted by Gasteiger charge is -2.25. The largest absolute Gasteiger partial charge is 0.314 e. The third kappa shape index (κ3) is 4.55. The molecule has 0 aromatic rings. The maximum Gasteiger partial charge on any atom is 0.00925 e. The van der Waals surface area contributed by atoms with Gasteiger partial charge in [-0.05, 0) is 31.2 Å². The minimum atomic E-state index is 0.764. The Morgan fingerprint density at radius 2 is 1.87 bits per heavy atom. The molecule has 0 amide bonds. The van der Waals surface area contributed by atoms with Crippen LogP contribution in [0.4, 0.5) is 0 Å². The van der Waals surface area contributed by atoms with Crippen molar-refractivity contribution in [2.45, 2.75) is 71.8 Å². The molecule has 0 heterocycles. The standard InChI is InChI=1S/C14H29N/c1-4-12(3)14(15-5-2)11-10-13-8-6-7-9-13/h12-15H,4-11H2,1-3H3. The Balaban J connectivity index is 2.23. The van der Waals surface area contributed by atoms with E-state index in [2.05, 4.69) is 26.1 Å². The number of nitrogens with one attached hydrogen (secondary N) is 1. The van der Waals surface area contributed by atoms with Crippen LogP contribution in [0.25, 0.3) is 0 Å². The van der Waals surface area contributed by atoms with Gasteiger partial charge in [-0.25, -0.2) is 0 Å². The lowest BCUT2D eigenvalue weighted by molar-refractivity contribution is 0.323. The second-order valence-corrected chi connectivity index (χ2v) is 5.28. The highest BCUT2D eigenvalue weighted by Crippen LogP contribution is 2.29. The zero-order valence-electron chi connectivity index (χ0n) is 10.9. The monoisotopic (exact) mass is 211 g/mol. The maximum atomic E-state index is 3.66. The number of hydrogen-bond acceptors (Lipinski definition) is 1. The lowest BCUT2D eigenvalue weighted by atomic mass is 9.91. The average Bonchev–Trinajstić information content (AvgIpc) is 2.76. The van der Waals surface area contributed by atoms with E-state index in [1.54, 1.807) is 0 Å². The van der Waals surface area contributed by atoms with Crippen LogP contribution in [-0.4, -0.2) is 12.6 Å². The molecule has 0 aromatic carbocycles. The van der Waals surface area contributed by atoms with E-state index in [0.29, 0.717) is 0 Å². The van der Waals surface area contributed by atoms with Crippen molar-refractivity contribution in [3.05, 3.63) is 0 Å². The molecule has 1 saturated carbocycles. The second kappa shape index (κ2) is 7.27. The third-order valence-electron chi connectivity index (χ3n) is 4.16. The fourth-order valence-corrected chi connectivity index (χ4v) is 2.85. The Bertz CT molecular complexity index is 149. The van der Waals surface area contributed by atoms with Crippen LogP contribution in [0.2, 0.25) is 0 Å². The van der Waals surface area contributed by atoms with E-state index < -0.39 is 0 Å². The van der Waals surface area contributed by atoms with Gasteiger partial charge < -0.3 is 5.32 Å². The molecule has 1 aliphatic rings. The second-order valence-electron chi connectivity index (χ2n) is 5.28. The fourth-order valence-electron chi connectivity index (χ4n) is 2.85. The van der Waals surface area contributed by atoms with Crippen molar-refractivity contribution in [1.29, 1.82) is 0 Å². The molecule has 0 bridgehead atoms. The Labute approximate surface area is 96.0 Å². The van der Waals surface area contributed by atoms with Crippen LogP contribution in [0.15, 0.2) is 0 Å². The van der Waals surface area contributed by atoms with Gasteiger partial charge in [0, 0.05) is 6.04 Å². The van der Waals surface area contributed by atoms with Crippen LogP contribution in [0, 0.1) is 11.8 Å². The molecule has 2 atom stereocenters. The summed E-state index contributed by atoms with van der Waals surface area (Å²) in [6.45, 7) is 8.05. The van der Waals surface area contributed by atoms with Gasteiger partial charge in [-0.1, -0.05) is 52.9 Å². The van der Waals surface area contributed by atoms with Crippen LogP contribution in [0.1, 0.15) is 65.7 Å². The van der Waals surface area contributed by atoms with Gasteiger partial charge in [-0.3, -0.25) is 0 Å². The summed E-state index contributed by atoms with van der Waals surface area (Å²) in [6.07, 6.45) is 10.1. The smallest absolute Gasteiger partial charge is 0.00925 e. The van der Waals surface area contributed by atoms with Gasteiger partial charge in [0.25, 0.3) is 0 Å². The first-order chi connectivity index (χ1) is 7.27. The van der Waals surface area contributed by atoms with E-state index in [1.165, 1.54) is 44.9 Å². The number of rotatable bonds is 7. The Kier molecular flexibility index (Phi) is 6.31. The van der Waals surface area contributed by atoms with E-state index in [4.69, 9.17) is 0 Å². The lowest BCUT2D eigenvalue weighted by Crippen LogP contribution is -2.35. The molecule has 90 valence electrons. The molecule has 0 aliphatic heterocycles. The Morgan fingerprint density at radius 3 is 2.40 bits per heavy atom. The van der Waals surface area contributed by atoms with Gasteiger partial charge in [0.1, 0.15) is 0 Å². The predicted molar refractivity (Wildman–Crippen MR) is 68.1 cm³/mol. The van der Waals surface area contributed by atoms with E-state index >= 15 is 0 Å². The molecule has 15 heavy (non-hydrogen) atoms. The summed E-state index contributed by atoms with van der Waals surface area (Å²) in [7, 11) is 0. The van der Waals surface area contributed by atoms with Crippen molar-refractivity contribution in [3.8, 4) is 0 Å². The van der Waals surface area contributed by atoms with Gasteiger partial charge in [-0.15, -0.1) is 0 Å². The molecule has 0 saturated heterocycles. The van der Waals surface area contributed by atoms with Crippen molar-refractivity contribution in [1.82, 2.24) is 5.32 Å². The third-order valence-corrected chi connectivity index (χ3v) is 4.16. The first kappa shape index (κ1) is 13.0. The molecule has 1 nitrogen and oxygen atoms in total. The molecule has 1 rings (SSSR count). The van der Waals surface area contributed by atoms with Crippen LogP contribution in [0.5, 0.6) is 0 Å². The normalized spacial score (nSPS) is 21.8. The average molecular weight is 211 g/mol. The minimum absolute atomic E-state index is 0.764. The first-order valence-electron chi connectivity index (χ1n) is 7.01. The summed E-state index contributed by atoms with van der Waals surface area (Å²) in [6, 6.07) is 0.764. The van der Waals surface area contributed by atoms with Crippen molar-refractivity contribution in [2.75, 3.05) is 6.54 Å². The molecule has 0 spiro atoms. The summed E-state index contributed by atoms with van der Waals surface area (Å²) in [4.78, 5) is 0. The van der Waals surface area contributed by atoms with Crippen molar-refractivity contribution >= 4 is 0 Å². The highest BCUT2D eigenvalue weighted by molar-refractivity contribution is 4.75. The molecule has 1 heteroatoms. The van der Waals surface area contributed by atoms with Gasteiger partial charge in [0.05, 0.1) is 0 Å². The van der Waals surface area contributed by atoms with Crippen LogP contribution >= 0.6 is 0 Å². The zero-order valence-corrected chi connectivity index (χ0v) is 10.9. The summed E-state index contributed by atoms with van der Waals surface area (Å²) in [5.41, 5.74) is 0. The topological polar surface area (TPSA) is 12.0 Å². The number of hydrogen-bond donors (Lipinski definition) is 1. The molecule has 1 fully saturated rings. The van der Waals surface area contributed by atoms with Gasteiger partial charge >= 0.3 is 0 Å². The summed E-state index contributed by atoms with van der Waals surface area (Å²) in [5.74, 6) is 1.89. The Hall–Kier alpha value is -0.0400. The quantitative estimate of drug-likeness (QED) is 0.671. The summed E-state index contributed by atoms with van der Waals surface area (Å²) in [5, 5.41) is 3.66. The van der Waals surface area contributed by atoms with Crippen LogP contribution in [-0.2, 0) is 0 Å². The Morgan fingerprint density at radius 1 is 1.20 bits per heavy atom. The molecular formula is C14H29N. The molecule has 1 N–H and O–H groups in total. The van der Waals surface area contributed by atoms with Crippen LogP contribution < -0.4 is 5.32 Å². The zero-order chi connectivity index (χ0) is 11.1. The van der Waals surface area contributed by atoms with Crippen molar-refractivity contribution in [3.63, 3.8) is 0 Å². The summed E-state index contributed by atoms with van der Waals surface area (Å²) >= 11 is 0. The minimum Gasteiger partial charge on any atom is -0.314 e. The highest BCUT2D eigenvalue weighted by atomic mass is 14.9. The van der Waals surface area contributed by atoms with Crippen molar-refractivity contribution in [2.24, 2.45) is 11.8 Å². The van der Waals surface area contributed by atoms with Crippen molar-refractivity contribution < 1.29 is 0 Å². The molecule has 1 aliphatic carbocycles. The van der Waals surface area contributed by atoms with E-state index in [9.17, 15) is 0 Å². The van der Waals surface area contributed by atoms with E-state index in [1.807, 2.05) is 0 Å².